The summed E-state index contributed by atoms with van der Waals surface area (Å²) in [5.74, 6) is 0. The summed E-state index contributed by atoms with van der Waals surface area (Å²) >= 11 is 3.48. The standard InChI is InChI=1S/C13H19BrN2/c1-3-13(4-2)5-6-16(10-13)12-7-11(14)8-15-9-12/h7-9H,3-6,10H2,1-2H3. The molecule has 1 aliphatic heterocycles. The number of hydrogen-bond donors (Lipinski definition) is 0. The monoisotopic (exact) mass is 282 g/mol. The van der Waals surface area contributed by atoms with Gasteiger partial charge in [-0.25, -0.2) is 0 Å². The molecular formula is C13H19BrN2. The van der Waals surface area contributed by atoms with E-state index in [2.05, 4.69) is 45.7 Å². The van der Waals surface area contributed by atoms with Crippen LogP contribution in [0.1, 0.15) is 33.1 Å². The highest BCUT2D eigenvalue weighted by atomic mass is 79.9. The third-order valence-electron chi connectivity index (χ3n) is 3.99. The molecule has 0 radical (unpaired) electrons. The highest BCUT2D eigenvalue weighted by Crippen LogP contribution is 2.39. The van der Waals surface area contributed by atoms with Crippen molar-refractivity contribution in [3.05, 3.63) is 22.9 Å². The van der Waals surface area contributed by atoms with Gasteiger partial charge in [0.2, 0.25) is 0 Å². The van der Waals surface area contributed by atoms with E-state index in [1.54, 1.807) is 0 Å². The summed E-state index contributed by atoms with van der Waals surface area (Å²) in [6.45, 7) is 6.97. The molecule has 1 aromatic rings. The van der Waals surface area contributed by atoms with Gasteiger partial charge in [-0.2, -0.15) is 0 Å². The van der Waals surface area contributed by atoms with Crippen LogP contribution in [0.2, 0.25) is 0 Å². The predicted molar refractivity (Wildman–Crippen MR) is 71.8 cm³/mol. The molecule has 0 aliphatic carbocycles. The van der Waals surface area contributed by atoms with Gasteiger partial charge in [-0.15, -0.1) is 0 Å². The zero-order valence-electron chi connectivity index (χ0n) is 10.0. The number of hydrogen-bond acceptors (Lipinski definition) is 2. The van der Waals surface area contributed by atoms with Crippen molar-refractivity contribution in [2.24, 2.45) is 5.41 Å². The fourth-order valence-electron chi connectivity index (χ4n) is 2.56. The second kappa shape index (κ2) is 4.74. The lowest BCUT2D eigenvalue weighted by molar-refractivity contribution is 0.301. The van der Waals surface area contributed by atoms with E-state index < -0.39 is 0 Å². The Kier molecular flexibility index (Phi) is 3.53. The number of aromatic nitrogens is 1. The molecule has 2 heterocycles. The molecule has 0 unspecified atom stereocenters. The number of nitrogens with zero attached hydrogens (tertiary/aromatic N) is 2. The molecule has 0 saturated carbocycles. The maximum Gasteiger partial charge on any atom is 0.0564 e. The van der Waals surface area contributed by atoms with Gasteiger partial charge in [0.1, 0.15) is 0 Å². The van der Waals surface area contributed by atoms with Crippen molar-refractivity contribution in [1.29, 1.82) is 0 Å². The van der Waals surface area contributed by atoms with Crippen molar-refractivity contribution >= 4 is 21.6 Å². The van der Waals surface area contributed by atoms with E-state index in [9.17, 15) is 0 Å². The van der Waals surface area contributed by atoms with Gasteiger partial charge in [-0.3, -0.25) is 4.98 Å². The van der Waals surface area contributed by atoms with Crippen LogP contribution in [0.5, 0.6) is 0 Å². The van der Waals surface area contributed by atoms with E-state index >= 15 is 0 Å². The molecule has 88 valence electrons. The average Bonchev–Trinajstić information content (AvgIpc) is 2.74. The molecule has 0 spiro atoms. The Hall–Kier alpha value is -0.570. The number of rotatable bonds is 3. The minimum Gasteiger partial charge on any atom is -0.370 e. The van der Waals surface area contributed by atoms with Crippen LogP contribution in [0.3, 0.4) is 0 Å². The minimum atomic E-state index is 0.530. The molecule has 1 aliphatic rings. The smallest absolute Gasteiger partial charge is 0.0564 e. The summed E-state index contributed by atoms with van der Waals surface area (Å²) < 4.78 is 1.07. The Bertz CT molecular complexity index is 361. The van der Waals surface area contributed by atoms with Crippen LogP contribution in [0.4, 0.5) is 5.69 Å². The van der Waals surface area contributed by atoms with E-state index in [0.29, 0.717) is 5.41 Å². The Balaban J connectivity index is 2.14. The molecule has 2 nitrogen and oxygen atoms in total. The Morgan fingerprint density at radius 3 is 2.69 bits per heavy atom. The maximum atomic E-state index is 4.24. The highest BCUT2D eigenvalue weighted by Gasteiger charge is 2.34. The van der Waals surface area contributed by atoms with E-state index in [-0.39, 0.29) is 0 Å². The van der Waals surface area contributed by atoms with Crippen molar-refractivity contribution in [1.82, 2.24) is 4.98 Å². The van der Waals surface area contributed by atoms with Gasteiger partial charge in [-0.1, -0.05) is 13.8 Å². The van der Waals surface area contributed by atoms with Crippen LogP contribution in [0.25, 0.3) is 0 Å². The largest absolute Gasteiger partial charge is 0.370 e. The molecule has 0 aromatic carbocycles. The molecule has 16 heavy (non-hydrogen) atoms. The normalized spacial score (nSPS) is 19.1. The van der Waals surface area contributed by atoms with Gasteiger partial charge < -0.3 is 4.90 Å². The molecule has 3 heteroatoms. The van der Waals surface area contributed by atoms with E-state index in [1.807, 2.05) is 12.4 Å². The molecule has 1 fully saturated rings. The van der Waals surface area contributed by atoms with E-state index in [4.69, 9.17) is 0 Å². The van der Waals surface area contributed by atoms with Gasteiger partial charge in [0.15, 0.2) is 0 Å². The van der Waals surface area contributed by atoms with Gasteiger partial charge in [-0.05, 0) is 46.7 Å². The summed E-state index contributed by atoms with van der Waals surface area (Å²) in [6.07, 6.45) is 7.67. The van der Waals surface area contributed by atoms with Crippen LogP contribution in [0.15, 0.2) is 22.9 Å². The summed E-state index contributed by atoms with van der Waals surface area (Å²) in [6, 6.07) is 2.16. The number of anilines is 1. The third kappa shape index (κ3) is 2.24. The predicted octanol–water partition coefficient (Wildman–Crippen LogP) is 3.86. The first-order valence-electron chi connectivity index (χ1n) is 6.04. The lowest BCUT2D eigenvalue weighted by Crippen LogP contribution is -2.26. The van der Waals surface area contributed by atoms with Gasteiger partial charge in [0.25, 0.3) is 0 Å². The van der Waals surface area contributed by atoms with E-state index in [0.717, 1.165) is 4.47 Å². The Morgan fingerprint density at radius 1 is 1.38 bits per heavy atom. The zero-order chi connectivity index (χ0) is 11.6. The molecule has 0 bridgehead atoms. The van der Waals surface area contributed by atoms with Gasteiger partial charge in [0.05, 0.1) is 11.9 Å². The van der Waals surface area contributed by atoms with Crippen LogP contribution in [-0.4, -0.2) is 18.1 Å². The topological polar surface area (TPSA) is 16.1 Å². The van der Waals surface area contributed by atoms with Crippen molar-refractivity contribution in [2.45, 2.75) is 33.1 Å². The first kappa shape index (κ1) is 11.9. The second-order valence-electron chi connectivity index (χ2n) is 4.74. The molecule has 2 rings (SSSR count). The molecule has 1 aromatic heterocycles. The van der Waals surface area contributed by atoms with Gasteiger partial charge >= 0.3 is 0 Å². The molecule has 1 saturated heterocycles. The van der Waals surface area contributed by atoms with E-state index in [1.165, 1.54) is 38.0 Å². The zero-order valence-corrected chi connectivity index (χ0v) is 11.6. The summed E-state index contributed by atoms with van der Waals surface area (Å²) in [5.41, 5.74) is 1.78. The lowest BCUT2D eigenvalue weighted by atomic mass is 9.82. The minimum absolute atomic E-state index is 0.530. The van der Waals surface area contributed by atoms with Crippen molar-refractivity contribution < 1.29 is 0 Å². The highest BCUT2D eigenvalue weighted by molar-refractivity contribution is 9.10. The fourth-order valence-corrected chi connectivity index (χ4v) is 2.91. The summed E-state index contributed by atoms with van der Waals surface area (Å²) in [7, 11) is 0. The summed E-state index contributed by atoms with van der Waals surface area (Å²) in [5, 5.41) is 0. The lowest BCUT2D eigenvalue weighted by Gasteiger charge is -2.27. The van der Waals surface area contributed by atoms with Crippen LogP contribution in [-0.2, 0) is 0 Å². The average molecular weight is 283 g/mol. The molecular weight excluding hydrogens is 264 g/mol. The first-order chi connectivity index (χ1) is 7.69. The third-order valence-corrected chi connectivity index (χ3v) is 4.43. The Labute approximate surface area is 106 Å². The quantitative estimate of drug-likeness (QED) is 0.837. The van der Waals surface area contributed by atoms with Crippen molar-refractivity contribution in [2.75, 3.05) is 18.0 Å². The van der Waals surface area contributed by atoms with Crippen LogP contribution >= 0.6 is 15.9 Å². The maximum absolute atomic E-state index is 4.24. The second-order valence-corrected chi connectivity index (χ2v) is 5.66. The summed E-state index contributed by atoms with van der Waals surface area (Å²) in [4.78, 5) is 6.70. The molecule has 0 atom stereocenters. The number of halogens is 1. The first-order valence-corrected chi connectivity index (χ1v) is 6.84. The fraction of sp³-hybridized carbons (Fsp3) is 0.615. The SMILES string of the molecule is CCC1(CC)CCN(c2cncc(Br)c2)C1. The molecule has 0 amide bonds. The Morgan fingerprint density at radius 2 is 2.12 bits per heavy atom. The number of pyridine rings is 1. The van der Waals surface area contributed by atoms with Crippen LogP contribution in [0, 0.1) is 5.41 Å². The van der Waals surface area contributed by atoms with Gasteiger partial charge in [0, 0.05) is 23.8 Å². The molecule has 0 N–H and O–H groups in total. The van der Waals surface area contributed by atoms with Crippen molar-refractivity contribution in [3.8, 4) is 0 Å². The van der Waals surface area contributed by atoms with Crippen molar-refractivity contribution in [3.63, 3.8) is 0 Å². The van der Waals surface area contributed by atoms with Crippen LogP contribution < -0.4 is 4.90 Å².